The first-order chi connectivity index (χ1) is 18.0. The molecule has 2 aromatic carbocycles. The van der Waals surface area contributed by atoms with Crippen molar-refractivity contribution in [1.82, 2.24) is 10.1 Å². The van der Waals surface area contributed by atoms with E-state index in [2.05, 4.69) is 10.1 Å². The highest BCUT2D eigenvalue weighted by atomic mass is 35.5. The van der Waals surface area contributed by atoms with Gasteiger partial charge in [0.2, 0.25) is 0 Å². The van der Waals surface area contributed by atoms with Gasteiger partial charge in [0.25, 0.3) is 0 Å². The van der Waals surface area contributed by atoms with Crippen molar-refractivity contribution in [2.75, 3.05) is 11.4 Å². The summed E-state index contributed by atoms with van der Waals surface area (Å²) in [7, 11) is 0. The molecule has 0 radical (unpaired) electrons. The molecular weight excluding hydrogens is 533 g/mol. The summed E-state index contributed by atoms with van der Waals surface area (Å²) in [5.74, 6) is 0.865. The lowest BCUT2D eigenvalue weighted by Gasteiger charge is -2.33. The van der Waals surface area contributed by atoms with E-state index in [0.717, 1.165) is 58.9 Å². The maximum atomic E-state index is 11.4. The van der Waals surface area contributed by atoms with E-state index in [1.165, 1.54) is 0 Å². The lowest BCUT2D eigenvalue weighted by Crippen LogP contribution is -2.42. The maximum absolute atomic E-state index is 11.4. The van der Waals surface area contributed by atoms with Crippen molar-refractivity contribution in [3.05, 3.63) is 63.3 Å². The van der Waals surface area contributed by atoms with E-state index in [4.69, 9.17) is 37.4 Å². The molecule has 190 valence electrons. The molecule has 3 aliphatic rings. The number of thiazole rings is 1. The van der Waals surface area contributed by atoms with Crippen LogP contribution >= 0.6 is 34.5 Å². The molecule has 0 spiro atoms. The van der Waals surface area contributed by atoms with Crippen molar-refractivity contribution in [2.45, 2.75) is 50.4 Å². The number of hydrogen-bond donors (Lipinski definition) is 1. The van der Waals surface area contributed by atoms with E-state index in [9.17, 15) is 9.90 Å². The second-order valence-corrected chi connectivity index (χ2v) is 12.0. The largest absolute Gasteiger partial charge is 0.478 e. The quantitative estimate of drug-likeness (QED) is 0.262. The Kier molecular flexibility index (Phi) is 5.69. The van der Waals surface area contributed by atoms with Crippen LogP contribution in [-0.4, -0.2) is 39.9 Å². The summed E-state index contributed by atoms with van der Waals surface area (Å²) >= 11 is 14.6. The number of hydrogen-bond acceptors (Lipinski definition) is 7. The average Bonchev–Trinajstić information content (AvgIpc) is 3.22. The van der Waals surface area contributed by atoms with Crippen molar-refractivity contribution in [3.8, 4) is 11.3 Å². The minimum absolute atomic E-state index is 0.0527. The van der Waals surface area contributed by atoms with Crippen LogP contribution in [0.2, 0.25) is 10.0 Å². The first-order valence-electron chi connectivity index (χ1n) is 12.4. The van der Waals surface area contributed by atoms with E-state index in [1.54, 1.807) is 29.5 Å². The predicted molar refractivity (Wildman–Crippen MR) is 143 cm³/mol. The Balaban J connectivity index is 1.14. The van der Waals surface area contributed by atoms with Crippen LogP contribution in [0.3, 0.4) is 0 Å². The van der Waals surface area contributed by atoms with Crippen molar-refractivity contribution >= 4 is 55.9 Å². The fourth-order valence-corrected chi connectivity index (χ4v) is 7.42. The van der Waals surface area contributed by atoms with Gasteiger partial charge in [0.1, 0.15) is 11.5 Å². The van der Waals surface area contributed by atoms with E-state index in [0.29, 0.717) is 39.7 Å². The predicted octanol–water partition coefficient (Wildman–Crippen LogP) is 7.02. The Morgan fingerprint density at radius 1 is 1.19 bits per heavy atom. The summed E-state index contributed by atoms with van der Waals surface area (Å²) in [6, 6.07) is 10.8. The fraction of sp³-hybridized carbons (Fsp3) is 0.370. The normalized spacial score (nSPS) is 22.9. The highest BCUT2D eigenvalue weighted by molar-refractivity contribution is 7.22. The number of anilines is 1. The van der Waals surface area contributed by atoms with Gasteiger partial charge in [-0.15, -0.1) is 0 Å². The van der Waals surface area contributed by atoms with Crippen molar-refractivity contribution in [3.63, 3.8) is 0 Å². The zero-order valence-electron chi connectivity index (χ0n) is 19.7. The third-order valence-electron chi connectivity index (χ3n) is 7.70. The second-order valence-electron chi connectivity index (χ2n) is 10.1. The molecule has 1 N–H and O–H groups in total. The SMILES string of the molecule is O=C(O)c1ccc2nc(N3CC4CC(OCc5c(-c6c(Cl)cccc6Cl)noc5C5CC5)C3C4)sc2c1. The van der Waals surface area contributed by atoms with E-state index in [-0.39, 0.29) is 17.7 Å². The van der Waals surface area contributed by atoms with Crippen LogP contribution < -0.4 is 4.90 Å². The van der Waals surface area contributed by atoms with E-state index >= 15 is 0 Å². The summed E-state index contributed by atoms with van der Waals surface area (Å²) in [6.45, 7) is 1.33. The number of benzene rings is 2. The maximum Gasteiger partial charge on any atom is 0.335 e. The Bertz CT molecular complexity index is 1510. The smallest absolute Gasteiger partial charge is 0.335 e. The Morgan fingerprint density at radius 3 is 2.73 bits per heavy atom. The van der Waals surface area contributed by atoms with Crippen molar-refractivity contribution in [1.29, 1.82) is 0 Å². The molecule has 37 heavy (non-hydrogen) atoms. The van der Waals surface area contributed by atoms with Crippen LogP contribution in [0.25, 0.3) is 21.5 Å². The summed E-state index contributed by atoms with van der Waals surface area (Å²) in [5, 5.41) is 15.7. The second kappa shape index (κ2) is 8.98. The average molecular weight is 556 g/mol. The first-order valence-corrected chi connectivity index (χ1v) is 14.0. The molecule has 3 heterocycles. The highest BCUT2D eigenvalue weighted by Gasteiger charge is 2.47. The lowest BCUT2D eigenvalue weighted by molar-refractivity contribution is 0.0256. The molecule has 3 unspecified atom stereocenters. The molecule has 2 aromatic heterocycles. The van der Waals surface area contributed by atoms with Crippen LogP contribution in [-0.2, 0) is 11.3 Å². The highest BCUT2D eigenvalue weighted by Crippen LogP contribution is 2.48. The summed E-state index contributed by atoms with van der Waals surface area (Å²) in [4.78, 5) is 18.5. The number of carboxylic acid groups (broad SMARTS) is 1. The molecule has 1 aliphatic heterocycles. The molecule has 3 fully saturated rings. The van der Waals surface area contributed by atoms with Gasteiger partial charge in [0, 0.05) is 23.6 Å². The van der Waals surface area contributed by atoms with Crippen molar-refractivity contribution < 1.29 is 19.2 Å². The summed E-state index contributed by atoms with van der Waals surface area (Å²) in [6.07, 6.45) is 4.28. The molecule has 2 bridgehead atoms. The van der Waals surface area contributed by atoms with Gasteiger partial charge in [0.15, 0.2) is 5.13 Å². The molecule has 1 saturated heterocycles. The topological polar surface area (TPSA) is 88.7 Å². The van der Waals surface area contributed by atoms with Crippen LogP contribution in [0.1, 0.15) is 53.3 Å². The zero-order chi connectivity index (χ0) is 25.3. The molecule has 4 aromatic rings. The van der Waals surface area contributed by atoms with Gasteiger partial charge in [-0.1, -0.05) is 45.8 Å². The van der Waals surface area contributed by atoms with Crippen LogP contribution in [0.15, 0.2) is 40.9 Å². The number of aromatic nitrogens is 2. The summed E-state index contributed by atoms with van der Waals surface area (Å²) < 4.78 is 13.3. The number of carboxylic acids is 1. The van der Waals surface area contributed by atoms with Gasteiger partial charge in [-0.2, -0.15) is 0 Å². The molecule has 3 atom stereocenters. The van der Waals surface area contributed by atoms with E-state index in [1.807, 2.05) is 18.2 Å². The zero-order valence-corrected chi connectivity index (χ0v) is 22.0. The molecular formula is C27H23Cl2N3O4S. The number of rotatable bonds is 7. The summed E-state index contributed by atoms with van der Waals surface area (Å²) in [5.41, 5.74) is 3.39. The Hall–Kier alpha value is -2.65. The minimum Gasteiger partial charge on any atom is -0.478 e. The standard InChI is InChI=1S/C27H23Cl2N3O4S/c28-17-2-1-3-18(29)23(17)24-16(25(36-31-24)14-4-5-14)12-35-21-9-13-8-20(21)32(11-13)27-30-19-7-6-15(26(33)34)10-22(19)37-27/h1-3,6-7,10,13-14,20-21H,4-5,8-9,11-12H2,(H,33,34). The van der Waals surface area contributed by atoms with Gasteiger partial charge >= 0.3 is 5.97 Å². The third kappa shape index (κ3) is 4.11. The van der Waals surface area contributed by atoms with Crippen LogP contribution in [0, 0.1) is 5.92 Å². The molecule has 2 saturated carbocycles. The van der Waals surface area contributed by atoms with Crippen LogP contribution in [0.4, 0.5) is 5.13 Å². The van der Waals surface area contributed by atoms with Gasteiger partial charge < -0.3 is 19.3 Å². The van der Waals surface area contributed by atoms with Crippen LogP contribution in [0.5, 0.6) is 0 Å². The lowest BCUT2D eigenvalue weighted by atomic mass is 10.0. The number of ether oxygens (including phenoxy) is 1. The number of nitrogens with zero attached hydrogens (tertiary/aromatic N) is 3. The molecule has 10 heteroatoms. The number of fused-ring (bicyclic) bond motifs is 3. The molecule has 7 nitrogen and oxygen atoms in total. The first kappa shape index (κ1) is 23.5. The molecule has 7 rings (SSSR count). The van der Waals surface area contributed by atoms with Gasteiger partial charge in [-0.3, -0.25) is 0 Å². The van der Waals surface area contributed by atoms with E-state index < -0.39 is 5.97 Å². The molecule has 2 aliphatic carbocycles. The Morgan fingerprint density at radius 2 is 2.00 bits per heavy atom. The number of aromatic carboxylic acids is 1. The monoisotopic (exact) mass is 555 g/mol. The van der Waals surface area contributed by atoms with Gasteiger partial charge in [0.05, 0.1) is 44.6 Å². The third-order valence-corrected chi connectivity index (χ3v) is 9.39. The Labute approximate surface area is 226 Å². The molecule has 0 amide bonds. The van der Waals surface area contributed by atoms with Gasteiger partial charge in [-0.05, 0) is 61.9 Å². The number of halogens is 2. The fourth-order valence-electron chi connectivity index (χ4n) is 5.77. The van der Waals surface area contributed by atoms with Crippen molar-refractivity contribution in [2.24, 2.45) is 5.92 Å². The van der Waals surface area contributed by atoms with Gasteiger partial charge in [-0.25, -0.2) is 9.78 Å². The number of carbonyl (C=O) groups is 1. The number of piperidine rings is 1. The minimum atomic E-state index is -0.928.